The van der Waals surface area contributed by atoms with E-state index in [2.05, 4.69) is 10.1 Å². The molecule has 0 radical (unpaired) electrons. The third-order valence-corrected chi connectivity index (χ3v) is 5.54. The number of hydrazone groups is 1. The first-order valence-electron chi connectivity index (χ1n) is 9.87. The molecule has 2 heterocycles. The highest BCUT2D eigenvalue weighted by Crippen LogP contribution is 2.36. The average molecular weight is 492 g/mol. The minimum absolute atomic E-state index is 0.160. The van der Waals surface area contributed by atoms with Gasteiger partial charge in [-0.05, 0) is 60.2 Å². The van der Waals surface area contributed by atoms with Crippen molar-refractivity contribution in [3.05, 3.63) is 65.0 Å². The van der Waals surface area contributed by atoms with Crippen LogP contribution in [-0.2, 0) is 11.4 Å². The molecule has 0 fully saturated rings. The van der Waals surface area contributed by atoms with Crippen LogP contribution in [0.15, 0.2) is 58.1 Å². The lowest BCUT2D eigenvalue weighted by Gasteiger charge is -2.20. The van der Waals surface area contributed by atoms with Crippen molar-refractivity contribution in [1.82, 2.24) is 5.01 Å². The molecule has 7 nitrogen and oxygen atoms in total. The van der Waals surface area contributed by atoms with Crippen LogP contribution in [0.3, 0.4) is 0 Å². The lowest BCUT2D eigenvalue weighted by atomic mass is 10.1. The molecule has 1 amide bonds. The van der Waals surface area contributed by atoms with Gasteiger partial charge in [0, 0.05) is 0 Å². The number of thioether (sulfide) groups is 1. The number of carbonyl (C=O) groups excluding carboxylic acids is 1. The predicted octanol–water partition coefficient (Wildman–Crippen LogP) is 4.98. The van der Waals surface area contributed by atoms with Crippen LogP contribution in [0.4, 0.5) is 17.6 Å². The SMILES string of the molecule is CCOc1cc(/C=C2/C(=N)N3N=C(C(F)(F)F)SC3=NC2=O)ccc1OCc1ccc(F)cc1. The van der Waals surface area contributed by atoms with E-state index >= 15 is 0 Å². The normalized spacial score (nSPS) is 17.0. The molecule has 0 unspecified atom stereocenters. The Morgan fingerprint density at radius 2 is 1.85 bits per heavy atom. The van der Waals surface area contributed by atoms with Crippen molar-refractivity contribution < 1.29 is 31.8 Å². The van der Waals surface area contributed by atoms with Crippen LogP contribution in [0.5, 0.6) is 11.5 Å². The number of amides is 1. The van der Waals surface area contributed by atoms with Gasteiger partial charge in [-0.2, -0.15) is 28.3 Å². The lowest BCUT2D eigenvalue weighted by Crippen LogP contribution is -2.35. The molecule has 1 N–H and O–H groups in total. The van der Waals surface area contributed by atoms with E-state index in [1.807, 2.05) is 0 Å². The van der Waals surface area contributed by atoms with E-state index in [-0.39, 0.29) is 34.9 Å². The first kappa shape index (κ1) is 23.5. The van der Waals surface area contributed by atoms with Gasteiger partial charge in [0.25, 0.3) is 5.91 Å². The second-order valence-electron chi connectivity index (χ2n) is 6.98. The van der Waals surface area contributed by atoms with E-state index in [4.69, 9.17) is 14.9 Å². The molecule has 2 aromatic carbocycles. The van der Waals surface area contributed by atoms with Gasteiger partial charge in [-0.15, -0.1) is 0 Å². The van der Waals surface area contributed by atoms with Gasteiger partial charge >= 0.3 is 6.18 Å². The first-order chi connectivity index (χ1) is 16.2. The fourth-order valence-electron chi connectivity index (χ4n) is 3.02. The van der Waals surface area contributed by atoms with Crippen molar-refractivity contribution in [2.75, 3.05) is 6.61 Å². The van der Waals surface area contributed by atoms with E-state index in [1.54, 1.807) is 37.3 Å². The van der Waals surface area contributed by atoms with Crippen LogP contribution in [0.25, 0.3) is 6.08 Å². The Morgan fingerprint density at radius 1 is 1.12 bits per heavy atom. The van der Waals surface area contributed by atoms with Crippen molar-refractivity contribution in [3.8, 4) is 11.5 Å². The zero-order valence-electron chi connectivity index (χ0n) is 17.5. The lowest BCUT2D eigenvalue weighted by molar-refractivity contribution is -0.114. The quantitative estimate of drug-likeness (QED) is 0.454. The molecule has 2 aliphatic rings. The summed E-state index contributed by atoms with van der Waals surface area (Å²) in [5.74, 6) is -0.974. The smallest absolute Gasteiger partial charge is 0.441 e. The molecule has 0 bridgehead atoms. The summed E-state index contributed by atoms with van der Waals surface area (Å²) in [7, 11) is 0. The van der Waals surface area contributed by atoms with Crippen molar-refractivity contribution in [1.29, 1.82) is 5.41 Å². The van der Waals surface area contributed by atoms with Crippen LogP contribution in [0, 0.1) is 11.2 Å². The Bertz CT molecular complexity index is 1240. The molecule has 0 saturated carbocycles. The molecular formula is C22H16F4N4O3S. The third-order valence-electron chi connectivity index (χ3n) is 4.58. The highest BCUT2D eigenvalue weighted by Gasteiger charge is 2.46. The van der Waals surface area contributed by atoms with Gasteiger partial charge < -0.3 is 9.47 Å². The summed E-state index contributed by atoms with van der Waals surface area (Å²) in [5.41, 5.74) is 0.961. The van der Waals surface area contributed by atoms with E-state index in [1.165, 1.54) is 18.2 Å². The molecule has 176 valence electrons. The summed E-state index contributed by atoms with van der Waals surface area (Å²) >= 11 is 0.187. The number of amidine groups is 2. The number of halogens is 4. The monoisotopic (exact) mass is 492 g/mol. The molecule has 34 heavy (non-hydrogen) atoms. The maximum Gasteiger partial charge on any atom is 0.441 e. The van der Waals surface area contributed by atoms with Crippen molar-refractivity contribution in [3.63, 3.8) is 0 Å². The van der Waals surface area contributed by atoms with Gasteiger partial charge in [0.2, 0.25) is 10.2 Å². The number of benzene rings is 2. The number of hydrogen-bond donors (Lipinski definition) is 1. The molecule has 0 spiro atoms. The second kappa shape index (κ2) is 9.29. The Morgan fingerprint density at radius 3 is 2.53 bits per heavy atom. The second-order valence-corrected chi connectivity index (χ2v) is 7.93. The zero-order chi connectivity index (χ0) is 24.5. The summed E-state index contributed by atoms with van der Waals surface area (Å²) < 4.78 is 63.4. The van der Waals surface area contributed by atoms with E-state index in [9.17, 15) is 22.4 Å². The van der Waals surface area contributed by atoms with Crippen LogP contribution in [0.2, 0.25) is 0 Å². The number of alkyl halides is 3. The predicted molar refractivity (Wildman–Crippen MR) is 119 cm³/mol. The minimum atomic E-state index is -4.71. The Hall–Kier alpha value is -3.67. The molecule has 4 rings (SSSR count). The molecule has 0 atom stereocenters. The van der Waals surface area contributed by atoms with Crippen LogP contribution in [-0.4, -0.2) is 39.7 Å². The highest BCUT2D eigenvalue weighted by molar-refractivity contribution is 8.27. The van der Waals surface area contributed by atoms with Gasteiger partial charge in [0.1, 0.15) is 12.4 Å². The number of nitrogens with zero attached hydrogens (tertiary/aromatic N) is 3. The fourth-order valence-corrected chi connectivity index (χ4v) is 3.78. The number of nitrogens with one attached hydrogen (secondary N) is 1. The summed E-state index contributed by atoms with van der Waals surface area (Å²) in [5, 5.41) is 10.7. The van der Waals surface area contributed by atoms with Crippen molar-refractivity contribution >= 4 is 39.8 Å². The molecule has 0 saturated heterocycles. The number of fused-ring (bicyclic) bond motifs is 1. The molecule has 0 aromatic heterocycles. The van der Waals surface area contributed by atoms with Crippen LogP contribution in [0.1, 0.15) is 18.1 Å². The summed E-state index contributed by atoms with van der Waals surface area (Å²) in [6.45, 7) is 2.25. The van der Waals surface area contributed by atoms with Gasteiger partial charge in [0.15, 0.2) is 17.3 Å². The largest absolute Gasteiger partial charge is 0.490 e. The number of rotatable bonds is 6. The molecule has 2 aromatic rings. The highest BCUT2D eigenvalue weighted by atomic mass is 32.2. The molecular weight excluding hydrogens is 476 g/mol. The number of hydrogen-bond acceptors (Lipinski definition) is 6. The topological polar surface area (TPSA) is 87.3 Å². The Balaban J connectivity index is 1.58. The Kier molecular flexibility index (Phi) is 6.42. The van der Waals surface area contributed by atoms with E-state index < -0.39 is 23.0 Å². The zero-order valence-corrected chi connectivity index (χ0v) is 18.3. The van der Waals surface area contributed by atoms with E-state index in [0.717, 1.165) is 5.56 Å². The van der Waals surface area contributed by atoms with Gasteiger partial charge in [-0.1, -0.05) is 18.2 Å². The maximum absolute atomic E-state index is 13.1. The van der Waals surface area contributed by atoms with Crippen molar-refractivity contribution in [2.45, 2.75) is 19.7 Å². The molecule has 12 heteroatoms. The van der Waals surface area contributed by atoms with Gasteiger partial charge in [0.05, 0.1) is 12.2 Å². The number of aliphatic imine (C=N–C) groups is 1. The average Bonchev–Trinajstić information content (AvgIpc) is 3.22. The number of carbonyl (C=O) groups is 1. The van der Waals surface area contributed by atoms with E-state index in [0.29, 0.717) is 28.7 Å². The maximum atomic E-state index is 13.1. The van der Waals surface area contributed by atoms with Gasteiger partial charge in [-0.25, -0.2) is 4.39 Å². The van der Waals surface area contributed by atoms with Crippen LogP contribution >= 0.6 is 11.8 Å². The summed E-state index contributed by atoms with van der Waals surface area (Å²) in [6, 6.07) is 10.6. The summed E-state index contributed by atoms with van der Waals surface area (Å²) in [4.78, 5) is 16.1. The summed E-state index contributed by atoms with van der Waals surface area (Å²) in [6.07, 6.45) is -3.39. The molecule has 0 aliphatic carbocycles. The van der Waals surface area contributed by atoms with Crippen LogP contribution < -0.4 is 9.47 Å². The standard InChI is InChI=1S/C22H16F4N4O3S/c1-2-32-17-10-13(5-8-16(17)33-11-12-3-6-14(23)7-4-12)9-15-18(27)30-21(28-19(15)31)34-20(29-30)22(24,25)26/h3-10,27H,2,11H2,1H3/b15-9-,27-18?. The Labute approximate surface area is 195 Å². The fraction of sp³-hybridized carbons (Fsp3) is 0.182. The minimum Gasteiger partial charge on any atom is -0.490 e. The molecule has 2 aliphatic heterocycles. The van der Waals surface area contributed by atoms with Crippen molar-refractivity contribution in [2.24, 2.45) is 10.1 Å². The van der Waals surface area contributed by atoms with Gasteiger partial charge in [-0.3, -0.25) is 10.2 Å². The third kappa shape index (κ3) is 4.96. The first-order valence-corrected chi connectivity index (χ1v) is 10.7. The number of ether oxygens (including phenoxy) is 2.